The minimum absolute atomic E-state index is 0.0564. The second-order valence-electron chi connectivity index (χ2n) is 5.57. The van der Waals surface area contributed by atoms with Gasteiger partial charge in [-0.05, 0) is 11.6 Å². The van der Waals surface area contributed by atoms with Crippen molar-refractivity contribution in [2.75, 3.05) is 0 Å². The summed E-state index contributed by atoms with van der Waals surface area (Å²) < 4.78 is 40.9. The summed E-state index contributed by atoms with van der Waals surface area (Å²) in [6, 6.07) is 19.0. The molecule has 0 aliphatic rings. The summed E-state index contributed by atoms with van der Waals surface area (Å²) in [5.74, 6) is 0. The van der Waals surface area contributed by atoms with Crippen molar-refractivity contribution in [3.05, 3.63) is 93.8 Å². The first-order chi connectivity index (χ1) is 12.9. The average Bonchev–Trinajstić information content (AvgIpc) is 2.67. The van der Waals surface area contributed by atoms with Crippen LogP contribution < -0.4 is 5.56 Å². The Morgan fingerprint density at radius 2 is 1.59 bits per heavy atom. The number of hydrogen-bond acceptors (Lipinski definition) is 3. The van der Waals surface area contributed by atoms with Crippen molar-refractivity contribution in [3.63, 3.8) is 0 Å². The van der Waals surface area contributed by atoms with E-state index in [-0.39, 0.29) is 5.69 Å². The summed E-state index contributed by atoms with van der Waals surface area (Å²) in [4.78, 5) is 12.6. The van der Waals surface area contributed by atoms with E-state index in [1.807, 2.05) is 0 Å². The van der Waals surface area contributed by atoms with E-state index in [0.29, 0.717) is 11.1 Å². The molecule has 0 bridgehead atoms. The lowest BCUT2D eigenvalue weighted by atomic mass is 10.0. The molecule has 2 aromatic carbocycles. The summed E-state index contributed by atoms with van der Waals surface area (Å²) in [6.07, 6.45) is -3.49. The van der Waals surface area contributed by atoms with E-state index in [1.54, 1.807) is 60.7 Å². The van der Waals surface area contributed by atoms with Crippen molar-refractivity contribution in [1.29, 1.82) is 5.26 Å². The standard InChI is InChI=1S/C20H12F3N3O/c21-20(22,23)17-11-18(15-9-5-2-6-10-15)26(19(27)16(17)12-24)25-13-14-7-3-1-4-8-14/h1-11,13H. The second-order valence-corrected chi connectivity index (χ2v) is 5.57. The van der Waals surface area contributed by atoms with E-state index in [2.05, 4.69) is 5.10 Å². The van der Waals surface area contributed by atoms with Gasteiger partial charge in [-0.1, -0.05) is 60.7 Å². The van der Waals surface area contributed by atoms with Gasteiger partial charge in [0, 0.05) is 5.56 Å². The first-order valence-electron chi connectivity index (χ1n) is 7.84. The minimum Gasteiger partial charge on any atom is -0.266 e. The molecule has 3 rings (SSSR count). The first-order valence-corrected chi connectivity index (χ1v) is 7.84. The van der Waals surface area contributed by atoms with Gasteiger partial charge in [0.05, 0.1) is 17.5 Å². The third-order valence-electron chi connectivity index (χ3n) is 3.79. The Morgan fingerprint density at radius 3 is 2.15 bits per heavy atom. The van der Waals surface area contributed by atoms with Gasteiger partial charge in [-0.25, -0.2) is 0 Å². The average molecular weight is 367 g/mol. The molecule has 0 amide bonds. The van der Waals surface area contributed by atoms with Gasteiger partial charge >= 0.3 is 6.18 Å². The van der Waals surface area contributed by atoms with Crippen molar-refractivity contribution in [2.24, 2.45) is 5.10 Å². The van der Waals surface area contributed by atoms with Gasteiger partial charge in [0.15, 0.2) is 0 Å². The molecule has 1 heterocycles. The van der Waals surface area contributed by atoms with Crippen molar-refractivity contribution in [2.45, 2.75) is 6.18 Å². The van der Waals surface area contributed by atoms with Crippen LogP contribution in [0.15, 0.2) is 76.6 Å². The zero-order valence-corrected chi connectivity index (χ0v) is 13.8. The van der Waals surface area contributed by atoms with Crippen molar-refractivity contribution in [3.8, 4) is 17.3 Å². The summed E-state index contributed by atoms with van der Waals surface area (Å²) in [6.45, 7) is 0. The fourth-order valence-corrected chi connectivity index (χ4v) is 2.52. The minimum atomic E-state index is -4.84. The molecule has 0 spiro atoms. The van der Waals surface area contributed by atoms with E-state index >= 15 is 0 Å². The van der Waals surface area contributed by atoms with Crippen LogP contribution in [0.1, 0.15) is 16.7 Å². The number of halogens is 3. The van der Waals surface area contributed by atoms with Crippen LogP contribution in [0.4, 0.5) is 13.2 Å². The molecule has 0 aliphatic heterocycles. The van der Waals surface area contributed by atoms with Crippen LogP contribution in [0.5, 0.6) is 0 Å². The van der Waals surface area contributed by atoms with Crippen LogP contribution in [-0.2, 0) is 6.18 Å². The number of hydrogen-bond donors (Lipinski definition) is 0. The summed E-state index contributed by atoms with van der Waals surface area (Å²) in [5.41, 5.74) is -2.43. The Balaban J connectivity index is 2.29. The van der Waals surface area contributed by atoms with E-state index in [1.165, 1.54) is 12.3 Å². The molecule has 3 aromatic rings. The Bertz CT molecular complexity index is 1080. The molecule has 27 heavy (non-hydrogen) atoms. The number of alkyl halides is 3. The van der Waals surface area contributed by atoms with E-state index < -0.39 is 22.9 Å². The van der Waals surface area contributed by atoms with Crippen molar-refractivity contribution in [1.82, 2.24) is 4.68 Å². The molecule has 0 saturated carbocycles. The lowest BCUT2D eigenvalue weighted by Crippen LogP contribution is -2.26. The molecule has 7 heteroatoms. The SMILES string of the molecule is N#Cc1c(C(F)(F)F)cc(-c2ccccc2)n(N=Cc2ccccc2)c1=O. The lowest BCUT2D eigenvalue weighted by Gasteiger charge is -2.14. The van der Waals surface area contributed by atoms with Gasteiger partial charge < -0.3 is 0 Å². The van der Waals surface area contributed by atoms with Crippen molar-refractivity contribution >= 4 is 6.21 Å². The highest BCUT2D eigenvalue weighted by Crippen LogP contribution is 2.33. The number of pyridine rings is 1. The molecule has 0 fully saturated rings. The predicted octanol–water partition coefficient (Wildman–Crippen LogP) is 4.29. The Labute approximate surface area is 152 Å². The fraction of sp³-hybridized carbons (Fsp3) is 0.0500. The van der Waals surface area contributed by atoms with Gasteiger partial charge in [0.2, 0.25) is 0 Å². The van der Waals surface area contributed by atoms with Gasteiger partial charge in [-0.2, -0.15) is 28.2 Å². The van der Waals surface area contributed by atoms with Crippen LogP contribution in [0.3, 0.4) is 0 Å². The molecular formula is C20H12F3N3O. The smallest absolute Gasteiger partial charge is 0.266 e. The topological polar surface area (TPSA) is 58.1 Å². The van der Waals surface area contributed by atoms with Crippen molar-refractivity contribution < 1.29 is 13.2 Å². The molecule has 0 saturated heterocycles. The molecule has 1 aromatic heterocycles. The highest BCUT2D eigenvalue weighted by Gasteiger charge is 2.36. The lowest BCUT2D eigenvalue weighted by molar-refractivity contribution is -0.137. The molecule has 4 nitrogen and oxygen atoms in total. The normalized spacial score (nSPS) is 11.5. The number of benzene rings is 2. The summed E-state index contributed by atoms with van der Waals surface area (Å²) in [5, 5.41) is 13.2. The quantitative estimate of drug-likeness (QED) is 0.649. The van der Waals surface area contributed by atoms with Crippen LogP contribution in [0.2, 0.25) is 0 Å². The van der Waals surface area contributed by atoms with Gasteiger partial charge in [-0.15, -0.1) is 0 Å². The summed E-state index contributed by atoms with van der Waals surface area (Å²) in [7, 11) is 0. The number of rotatable bonds is 3. The molecule has 0 N–H and O–H groups in total. The van der Waals surface area contributed by atoms with Crippen LogP contribution in [-0.4, -0.2) is 10.9 Å². The largest absolute Gasteiger partial charge is 0.417 e. The maximum Gasteiger partial charge on any atom is 0.417 e. The van der Waals surface area contributed by atoms with Crippen LogP contribution in [0.25, 0.3) is 11.3 Å². The number of nitriles is 1. The highest BCUT2D eigenvalue weighted by molar-refractivity contribution is 5.79. The molecule has 134 valence electrons. The number of aromatic nitrogens is 1. The molecule has 0 radical (unpaired) electrons. The Kier molecular flexibility index (Phi) is 4.90. The Hall–Kier alpha value is -3.66. The van der Waals surface area contributed by atoms with Crippen LogP contribution in [0, 0.1) is 11.3 Å². The van der Waals surface area contributed by atoms with Gasteiger partial charge in [-0.3, -0.25) is 4.79 Å². The van der Waals surface area contributed by atoms with E-state index in [4.69, 9.17) is 5.26 Å². The second kappa shape index (κ2) is 7.30. The first kappa shape index (κ1) is 18.1. The maximum absolute atomic E-state index is 13.4. The third kappa shape index (κ3) is 3.80. The zero-order valence-electron chi connectivity index (χ0n) is 13.8. The fourth-order valence-electron chi connectivity index (χ4n) is 2.52. The molecular weight excluding hydrogens is 355 g/mol. The molecule has 0 atom stereocenters. The highest BCUT2D eigenvalue weighted by atomic mass is 19.4. The van der Waals surface area contributed by atoms with E-state index in [9.17, 15) is 18.0 Å². The third-order valence-corrected chi connectivity index (χ3v) is 3.79. The Morgan fingerprint density at radius 1 is 1.00 bits per heavy atom. The monoisotopic (exact) mass is 367 g/mol. The number of nitrogens with zero attached hydrogens (tertiary/aromatic N) is 3. The predicted molar refractivity (Wildman–Crippen MR) is 95.3 cm³/mol. The van der Waals surface area contributed by atoms with Gasteiger partial charge in [0.1, 0.15) is 11.6 Å². The van der Waals surface area contributed by atoms with Gasteiger partial charge in [0.25, 0.3) is 5.56 Å². The zero-order chi connectivity index (χ0) is 19.4. The molecule has 0 unspecified atom stereocenters. The van der Waals surface area contributed by atoms with E-state index in [0.717, 1.165) is 10.7 Å². The summed E-state index contributed by atoms with van der Waals surface area (Å²) >= 11 is 0. The van der Waals surface area contributed by atoms with Crippen LogP contribution >= 0.6 is 0 Å². The molecule has 0 aliphatic carbocycles. The maximum atomic E-state index is 13.4.